The van der Waals surface area contributed by atoms with Crippen molar-refractivity contribution in [2.45, 2.75) is 26.4 Å². The monoisotopic (exact) mass is 377 g/mol. The molecule has 0 bridgehead atoms. The summed E-state index contributed by atoms with van der Waals surface area (Å²) >= 11 is 1.46. The molecule has 3 aromatic heterocycles. The van der Waals surface area contributed by atoms with Crippen molar-refractivity contribution >= 4 is 21.6 Å². The molecule has 1 aliphatic heterocycles. The van der Waals surface area contributed by atoms with Crippen LogP contribution in [-0.2, 0) is 19.5 Å². The van der Waals surface area contributed by atoms with E-state index in [1.54, 1.807) is 6.20 Å². The third-order valence-corrected chi connectivity index (χ3v) is 6.27. The Morgan fingerprint density at radius 2 is 2.11 bits per heavy atom. The lowest BCUT2D eigenvalue weighted by Crippen LogP contribution is -2.31. The molecule has 2 N–H and O–H groups in total. The number of H-pyrrole nitrogens is 2. The number of fused-ring (bicyclic) bond motifs is 2. The van der Waals surface area contributed by atoms with Crippen LogP contribution in [0, 0.1) is 6.92 Å². The zero-order valence-electron chi connectivity index (χ0n) is 15.0. The minimum Gasteiger partial charge on any atom is -0.308 e. The van der Waals surface area contributed by atoms with Crippen molar-refractivity contribution in [3.8, 4) is 10.4 Å². The molecule has 1 aromatic carbocycles. The Morgan fingerprint density at radius 3 is 2.93 bits per heavy atom. The van der Waals surface area contributed by atoms with E-state index in [9.17, 15) is 4.79 Å². The molecule has 7 heteroatoms. The van der Waals surface area contributed by atoms with Crippen molar-refractivity contribution < 1.29 is 0 Å². The van der Waals surface area contributed by atoms with E-state index in [0.717, 1.165) is 47.0 Å². The Labute approximate surface area is 159 Å². The Hall–Kier alpha value is -2.77. The summed E-state index contributed by atoms with van der Waals surface area (Å²) in [6.07, 6.45) is 2.82. The molecule has 0 fully saturated rings. The Kier molecular flexibility index (Phi) is 3.91. The third kappa shape index (κ3) is 2.98. The lowest BCUT2D eigenvalue weighted by atomic mass is 10.00. The summed E-state index contributed by atoms with van der Waals surface area (Å²) in [6.45, 7) is 4.49. The maximum atomic E-state index is 12.6. The minimum absolute atomic E-state index is 0.0650. The quantitative estimate of drug-likeness (QED) is 0.575. The van der Waals surface area contributed by atoms with E-state index >= 15 is 0 Å². The molecule has 1 aliphatic rings. The maximum absolute atomic E-state index is 12.6. The van der Waals surface area contributed by atoms with Gasteiger partial charge in [-0.05, 0) is 30.5 Å². The van der Waals surface area contributed by atoms with Gasteiger partial charge in [0.2, 0.25) is 0 Å². The molecule has 5 rings (SSSR count). The molecule has 4 aromatic rings. The van der Waals surface area contributed by atoms with Crippen LogP contribution in [0.1, 0.15) is 22.6 Å². The average molecular weight is 377 g/mol. The molecule has 4 heterocycles. The summed E-state index contributed by atoms with van der Waals surface area (Å²) in [5.74, 6) is 0.722. The van der Waals surface area contributed by atoms with Crippen molar-refractivity contribution in [1.82, 2.24) is 25.1 Å². The highest BCUT2D eigenvalue weighted by Crippen LogP contribution is 2.32. The Balaban J connectivity index is 1.45. The second-order valence-electron chi connectivity index (χ2n) is 6.98. The van der Waals surface area contributed by atoms with Crippen LogP contribution in [0.5, 0.6) is 0 Å². The highest BCUT2D eigenvalue weighted by molar-refractivity contribution is 7.22. The smallest absolute Gasteiger partial charge is 0.268 e. The van der Waals surface area contributed by atoms with E-state index < -0.39 is 0 Å². The van der Waals surface area contributed by atoms with E-state index in [-0.39, 0.29) is 5.56 Å². The molecule has 0 saturated heterocycles. The van der Waals surface area contributed by atoms with Gasteiger partial charge in [0.25, 0.3) is 5.56 Å². The van der Waals surface area contributed by atoms with Gasteiger partial charge in [-0.2, -0.15) is 5.10 Å². The molecular formula is C20H19N5OS. The summed E-state index contributed by atoms with van der Waals surface area (Å²) in [4.78, 5) is 23.6. The molecule has 0 saturated carbocycles. The standard InChI is InChI=1S/C20H19N5OS/c1-12-15(9-21-24-12)17-8-16-19(27-17)20(26)23-18(22-16)11-25-7-6-13-4-2-3-5-14(13)10-25/h2-5,8-9H,6-7,10-11H2,1H3,(H,21,24)(H,22,23,26). The fourth-order valence-corrected chi connectivity index (χ4v) is 4.76. The van der Waals surface area contributed by atoms with Crippen LogP contribution in [0.15, 0.2) is 41.3 Å². The second-order valence-corrected chi connectivity index (χ2v) is 8.03. The van der Waals surface area contributed by atoms with Gasteiger partial charge in [-0.15, -0.1) is 11.3 Å². The van der Waals surface area contributed by atoms with Gasteiger partial charge in [0.15, 0.2) is 0 Å². The number of nitrogens with one attached hydrogen (secondary N) is 2. The number of aryl methyl sites for hydroxylation is 1. The number of nitrogens with zero attached hydrogens (tertiary/aromatic N) is 3. The van der Waals surface area contributed by atoms with Gasteiger partial charge in [0.1, 0.15) is 10.5 Å². The Bertz CT molecular complexity index is 1190. The van der Waals surface area contributed by atoms with Crippen LogP contribution in [0.25, 0.3) is 20.7 Å². The topological polar surface area (TPSA) is 77.7 Å². The van der Waals surface area contributed by atoms with Gasteiger partial charge in [0.05, 0.1) is 18.3 Å². The summed E-state index contributed by atoms with van der Waals surface area (Å²) in [5.41, 5.74) is 5.48. The number of benzene rings is 1. The summed E-state index contributed by atoms with van der Waals surface area (Å²) < 4.78 is 0.665. The van der Waals surface area contributed by atoms with Crippen LogP contribution < -0.4 is 5.56 Å². The highest BCUT2D eigenvalue weighted by Gasteiger charge is 2.18. The minimum atomic E-state index is -0.0650. The van der Waals surface area contributed by atoms with Gasteiger partial charge in [-0.25, -0.2) is 4.98 Å². The number of hydrogen-bond donors (Lipinski definition) is 2. The summed E-state index contributed by atoms with van der Waals surface area (Å²) in [5, 5.41) is 7.02. The van der Waals surface area contributed by atoms with E-state index in [0.29, 0.717) is 11.2 Å². The van der Waals surface area contributed by atoms with Gasteiger partial charge >= 0.3 is 0 Å². The van der Waals surface area contributed by atoms with Gasteiger partial charge in [-0.3, -0.25) is 14.8 Å². The maximum Gasteiger partial charge on any atom is 0.268 e. The first-order valence-electron chi connectivity index (χ1n) is 8.99. The molecule has 0 radical (unpaired) electrons. The third-order valence-electron chi connectivity index (χ3n) is 5.11. The normalized spacial score (nSPS) is 14.6. The van der Waals surface area contributed by atoms with Gasteiger partial charge < -0.3 is 4.98 Å². The predicted octanol–water partition coefficient (Wildman–Crippen LogP) is 3.24. The first kappa shape index (κ1) is 16.4. The van der Waals surface area contributed by atoms with Crippen molar-refractivity contribution in [3.63, 3.8) is 0 Å². The first-order chi connectivity index (χ1) is 13.2. The fourth-order valence-electron chi connectivity index (χ4n) is 3.70. The van der Waals surface area contributed by atoms with Crippen LogP contribution in [-0.4, -0.2) is 31.6 Å². The molecule has 0 amide bonds. The number of rotatable bonds is 3. The van der Waals surface area contributed by atoms with Crippen molar-refractivity contribution in [1.29, 1.82) is 0 Å². The molecule has 0 spiro atoms. The van der Waals surface area contributed by atoms with Crippen LogP contribution >= 0.6 is 11.3 Å². The second kappa shape index (κ2) is 6.44. The van der Waals surface area contributed by atoms with Gasteiger partial charge in [0, 0.05) is 29.2 Å². The average Bonchev–Trinajstić information content (AvgIpc) is 3.27. The van der Waals surface area contributed by atoms with Crippen molar-refractivity contribution in [2.75, 3.05) is 6.54 Å². The summed E-state index contributed by atoms with van der Waals surface area (Å²) in [7, 11) is 0. The van der Waals surface area contributed by atoms with Crippen LogP contribution in [0.4, 0.5) is 0 Å². The van der Waals surface area contributed by atoms with E-state index in [4.69, 9.17) is 4.98 Å². The zero-order chi connectivity index (χ0) is 18.4. The largest absolute Gasteiger partial charge is 0.308 e. The lowest BCUT2D eigenvalue weighted by molar-refractivity contribution is 0.239. The highest BCUT2D eigenvalue weighted by atomic mass is 32.1. The van der Waals surface area contributed by atoms with Crippen molar-refractivity contribution in [3.05, 3.63) is 69.5 Å². The molecule has 6 nitrogen and oxygen atoms in total. The number of thiophene rings is 1. The molecule has 0 atom stereocenters. The molecule has 0 aliphatic carbocycles. The number of aromatic amines is 2. The summed E-state index contributed by atoms with van der Waals surface area (Å²) in [6, 6.07) is 10.5. The lowest BCUT2D eigenvalue weighted by Gasteiger charge is -2.28. The zero-order valence-corrected chi connectivity index (χ0v) is 15.8. The molecule has 0 unspecified atom stereocenters. The first-order valence-corrected chi connectivity index (χ1v) is 9.81. The van der Waals surface area contributed by atoms with Crippen LogP contribution in [0.2, 0.25) is 0 Å². The van der Waals surface area contributed by atoms with Gasteiger partial charge in [-0.1, -0.05) is 24.3 Å². The van der Waals surface area contributed by atoms with E-state index in [1.165, 1.54) is 22.5 Å². The van der Waals surface area contributed by atoms with Crippen molar-refractivity contribution in [2.24, 2.45) is 0 Å². The molecular weight excluding hydrogens is 358 g/mol. The SMILES string of the molecule is Cc1[nH]ncc1-c1cc2nc(CN3CCc4ccccc4C3)[nH]c(=O)c2s1. The predicted molar refractivity (Wildman–Crippen MR) is 107 cm³/mol. The van der Waals surface area contributed by atoms with Crippen LogP contribution in [0.3, 0.4) is 0 Å². The molecule has 136 valence electrons. The number of hydrogen-bond acceptors (Lipinski definition) is 5. The molecule has 27 heavy (non-hydrogen) atoms. The van der Waals surface area contributed by atoms with E-state index in [1.807, 2.05) is 13.0 Å². The fraction of sp³-hybridized carbons (Fsp3) is 0.250. The Morgan fingerprint density at radius 1 is 1.26 bits per heavy atom. The number of aromatic nitrogens is 4. The van der Waals surface area contributed by atoms with E-state index in [2.05, 4.69) is 44.3 Å².